The van der Waals surface area contributed by atoms with E-state index in [-0.39, 0.29) is 0 Å². The van der Waals surface area contributed by atoms with E-state index in [0.29, 0.717) is 10.6 Å². The number of sulfonamides is 1. The van der Waals surface area contributed by atoms with Crippen molar-refractivity contribution in [2.45, 2.75) is 45.4 Å². The third-order valence-electron chi connectivity index (χ3n) is 3.93. The second-order valence-electron chi connectivity index (χ2n) is 6.27. The summed E-state index contributed by atoms with van der Waals surface area (Å²) in [7, 11) is -3.62. The smallest absolute Gasteiger partial charge is 0.262 e. The molecule has 0 unspecified atom stereocenters. The normalized spacial score (nSPS) is 11.4. The van der Waals surface area contributed by atoms with Gasteiger partial charge in [0.2, 0.25) is 0 Å². The van der Waals surface area contributed by atoms with Gasteiger partial charge in [0.05, 0.1) is 16.8 Å². The standard InChI is InChI=1S/C19H27N3O2S/c1-5-11-22(12-6-2)19-10-8-17(14-20-19)21-25(23,24)18-9-7-15(3)13-16(18)4/h7-10,13-14,21H,5-6,11-12H2,1-4H3. The first-order valence-corrected chi connectivity index (χ1v) is 10.2. The molecule has 1 N–H and O–H groups in total. The van der Waals surface area contributed by atoms with Gasteiger partial charge in [0.15, 0.2) is 0 Å². The van der Waals surface area contributed by atoms with Gasteiger partial charge < -0.3 is 4.90 Å². The van der Waals surface area contributed by atoms with Crippen LogP contribution in [0.15, 0.2) is 41.4 Å². The Kier molecular flexibility index (Phi) is 6.42. The first-order chi connectivity index (χ1) is 11.9. The van der Waals surface area contributed by atoms with E-state index in [2.05, 4.69) is 28.5 Å². The molecule has 2 aromatic rings. The van der Waals surface area contributed by atoms with E-state index in [0.717, 1.165) is 42.9 Å². The molecule has 5 nitrogen and oxygen atoms in total. The van der Waals surface area contributed by atoms with E-state index in [9.17, 15) is 8.42 Å². The summed E-state index contributed by atoms with van der Waals surface area (Å²) in [6, 6.07) is 8.94. The summed E-state index contributed by atoms with van der Waals surface area (Å²) in [5.41, 5.74) is 2.24. The Morgan fingerprint density at radius 3 is 2.24 bits per heavy atom. The molecule has 0 aliphatic heterocycles. The summed E-state index contributed by atoms with van der Waals surface area (Å²) in [6.45, 7) is 9.89. The van der Waals surface area contributed by atoms with E-state index >= 15 is 0 Å². The first kappa shape index (κ1) is 19.2. The van der Waals surface area contributed by atoms with Crippen LogP contribution >= 0.6 is 0 Å². The highest BCUT2D eigenvalue weighted by molar-refractivity contribution is 7.92. The van der Waals surface area contributed by atoms with Crippen LogP contribution in [0.2, 0.25) is 0 Å². The molecule has 1 heterocycles. The molecule has 25 heavy (non-hydrogen) atoms. The Bertz CT molecular complexity index is 796. The fourth-order valence-corrected chi connectivity index (χ4v) is 4.10. The van der Waals surface area contributed by atoms with E-state index in [4.69, 9.17) is 0 Å². The highest BCUT2D eigenvalue weighted by Gasteiger charge is 2.17. The van der Waals surface area contributed by atoms with Gasteiger partial charge in [-0.15, -0.1) is 0 Å². The third kappa shape index (κ3) is 4.95. The van der Waals surface area contributed by atoms with Gasteiger partial charge in [0, 0.05) is 13.1 Å². The molecule has 0 aliphatic carbocycles. The summed E-state index contributed by atoms with van der Waals surface area (Å²) in [5, 5.41) is 0. The molecule has 0 aliphatic rings. The minimum atomic E-state index is -3.62. The topological polar surface area (TPSA) is 62.3 Å². The zero-order chi connectivity index (χ0) is 18.4. The van der Waals surface area contributed by atoms with Gasteiger partial charge in [-0.3, -0.25) is 4.72 Å². The van der Waals surface area contributed by atoms with Gasteiger partial charge in [0.1, 0.15) is 5.82 Å². The molecule has 0 radical (unpaired) electrons. The Morgan fingerprint density at radius 2 is 1.72 bits per heavy atom. The lowest BCUT2D eigenvalue weighted by Gasteiger charge is -2.22. The minimum Gasteiger partial charge on any atom is -0.357 e. The van der Waals surface area contributed by atoms with Gasteiger partial charge in [-0.2, -0.15) is 0 Å². The monoisotopic (exact) mass is 361 g/mol. The Labute approximate surface area is 151 Å². The molecule has 0 fully saturated rings. The zero-order valence-corrected chi connectivity index (χ0v) is 16.2. The van der Waals surface area contributed by atoms with Gasteiger partial charge in [-0.25, -0.2) is 13.4 Å². The van der Waals surface area contributed by atoms with Crippen LogP contribution in [0.4, 0.5) is 11.5 Å². The van der Waals surface area contributed by atoms with Crippen molar-refractivity contribution in [3.8, 4) is 0 Å². The number of aromatic nitrogens is 1. The predicted molar refractivity (Wildman–Crippen MR) is 104 cm³/mol. The Balaban J connectivity index is 2.19. The van der Waals surface area contributed by atoms with Crippen LogP contribution in [0.25, 0.3) is 0 Å². The molecular weight excluding hydrogens is 334 g/mol. The van der Waals surface area contributed by atoms with Crippen LogP contribution in [0.1, 0.15) is 37.8 Å². The van der Waals surface area contributed by atoms with E-state index < -0.39 is 10.0 Å². The number of pyridine rings is 1. The number of benzene rings is 1. The maximum Gasteiger partial charge on any atom is 0.262 e. The lowest BCUT2D eigenvalue weighted by Crippen LogP contribution is -2.25. The molecule has 6 heteroatoms. The molecule has 0 bridgehead atoms. The molecule has 0 saturated heterocycles. The van der Waals surface area contributed by atoms with Gasteiger partial charge in [0.25, 0.3) is 10.0 Å². The van der Waals surface area contributed by atoms with Crippen LogP contribution in [0.5, 0.6) is 0 Å². The van der Waals surface area contributed by atoms with E-state index in [1.54, 1.807) is 31.3 Å². The van der Waals surface area contributed by atoms with Crippen molar-refractivity contribution in [1.82, 2.24) is 4.98 Å². The number of anilines is 2. The first-order valence-electron chi connectivity index (χ1n) is 8.68. The predicted octanol–water partition coefficient (Wildman–Crippen LogP) is 4.13. The van der Waals surface area contributed by atoms with Crippen molar-refractivity contribution in [3.63, 3.8) is 0 Å². The van der Waals surface area contributed by atoms with Crippen LogP contribution in [-0.2, 0) is 10.0 Å². The maximum atomic E-state index is 12.6. The van der Waals surface area contributed by atoms with Crippen molar-refractivity contribution < 1.29 is 8.42 Å². The maximum absolute atomic E-state index is 12.6. The van der Waals surface area contributed by atoms with Gasteiger partial charge >= 0.3 is 0 Å². The quantitative estimate of drug-likeness (QED) is 0.768. The second kappa shape index (κ2) is 8.34. The number of nitrogens with zero attached hydrogens (tertiary/aromatic N) is 2. The Morgan fingerprint density at radius 1 is 1.04 bits per heavy atom. The molecular formula is C19H27N3O2S. The third-order valence-corrected chi connectivity index (χ3v) is 5.47. The van der Waals surface area contributed by atoms with Crippen molar-refractivity contribution in [2.75, 3.05) is 22.7 Å². The second-order valence-corrected chi connectivity index (χ2v) is 7.92. The number of hydrogen-bond donors (Lipinski definition) is 1. The number of rotatable bonds is 8. The molecule has 1 aromatic carbocycles. The summed E-state index contributed by atoms with van der Waals surface area (Å²) < 4.78 is 27.8. The molecule has 0 spiro atoms. The number of aryl methyl sites for hydroxylation is 2. The molecule has 0 amide bonds. The van der Waals surface area contributed by atoms with Crippen molar-refractivity contribution in [1.29, 1.82) is 0 Å². The SMILES string of the molecule is CCCN(CCC)c1ccc(NS(=O)(=O)c2ccc(C)cc2C)cn1. The molecule has 136 valence electrons. The van der Waals surface area contributed by atoms with Gasteiger partial charge in [-0.1, -0.05) is 31.5 Å². The lowest BCUT2D eigenvalue weighted by molar-refractivity contribution is 0.600. The fourth-order valence-electron chi connectivity index (χ4n) is 2.83. The van der Waals surface area contributed by atoms with E-state index in [1.807, 2.05) is 19.1 Å². The lowest BCUT2D eigenvalue weighted by atomic mass is 10.2. The zero-order valence-electron chi connectivity index (χ0n) is 15.4. The van der Waals surface area contributed by atoms with Crippen LogP contribution in [0, 0.1) is 13.8 Å². The highest BCUT2D eigenvalue weighted by Crippen LogP contribution is 2.21. The molecule has 0 atom stereocenters. The molecule has 1 aromatic heterocycles. The van der Waals surface area contributed by atoms with Crippen molar-refractivity contribution >= 4 is 21.5 Å². The van der Waals surface area contributed by atoms with Crippen LogP contribution < -0.4 is 9.62 Å². The summed E-state index contributed by atoms with van der Waals surface area (Å²) in [6.07, 6.45) is 3.67. The van der Waals surface area contributed by atoms with E-state index in [1.165, 1.54) is 0 Å². The minimum absolute atomic E-state index is 0.292. The summed E-state index contributed by atoms with van der Waals surface area (Å²) >= 11 is 0. The summed E-state index contributed by atoms with van der Waals surface area (Å²) in [5.74, 6) is 0.873. The fraction of sp³-hybridized carbons (Fsp3) is 0.421. The van der Waals surface area contributed by atoms with Crippen LogP contribution in [0.3, 0.4) is 0 Å². The number of hydrogen-bond acceptors (Lipinski definition) is 4. The molecule has 2 rings (SSSR count). The molecule has 0 saturated carbocycles. The van der Waals surface area contributed by atoms with Crippen molar-refractivity contribution in [3.05, 3.63) is 47.7 Å². The van der Waals surface area contributed by atoms with Gasteiger partial charge in [-0.05, 0) is 50.5 Å². The van der Waals surface area contributed by atoms with Crippen molar-refractivity contribution in [2.24, 2.45) is 0 Å². The highest BCUT2D eigenvalue weighted by atomic mass is 32.2. The van der Waals surface area contributed by atoms with Crippen LogP contribution in [-0.4, -0.2) is 26.5 Å². The average Bonchev–Trinajstić information content (AvgIpc) is 2.54. The Hall–Kier alpha value is -2.08. The summed E-state index contributed by atoms with van der Waals surface area (Å²) in [4.78, 5) is 6.93. The average molecular weight is 362 g/mol. The largest absolute Gasteiger partial charge is 0.357 e. The number of nitrogens with one attached hydrogen (secondary N) is 1.